The molecule has 3 rings (SSSR count). The predicted molar refractivity (Wildman–Crippen MR) is 76.6 cm³/mol. The summed E-state index contributed by atoms with van der Waals surface area (Å²) in [6, 6.07) is 8.66. The topological polar surface area (TPSA) is 86.7 Å². The van der Waals surface area contributed by atoms with Gasteiger partial charge in [-0.15, -0.1) is 11.8 Å². The minimum absolute atomic E-state index is 0.197. The first-order valence-electron chi connectivity index (χ1n) is 6.58. The highest BCUT2D eigenvalue weighted by Crippen LogP contribution is 2.40. The van der Waals surface area contributed by atoms with Gasteiger partial charge in [0.1, 0.15) is 16.7 Å². The summed E-state index contributed by atoms with van der Waals surface area (Å²) in [5.41, 5.74) is 0.876. The molecule has 2 fully saturated rings. The third kappa shape index (κ3) is 2.61. The van der Waals surface area contributed by atoms with E-state index in [2.05, 4.69) is 5.32 Å². The first-order valence-corrected chi connectivity index (χ1v) is 7.52. The first-order chi connectivity index (χ1) is 10.1. The summed E-state index contributed by atoms with van der Waals surface area (Å²) in [6.07, 6.45) is 0.213. The summed E-state index contributed by atoms with van der Waals surface area (Å²) in [7, 11) is 0. The molecule has 2 aliphatic rings. The number of nitrogens with zero attached hydrogens (tertiary/aromatic N) is 1. The van der Waals surface area contributed by atoms with Gasteiger partial charge in [0.2, 0.25) is 11.8 Å². The van der Waals surface area contributed by atoms with Crippen molar-refractivity contribution in [2.24, 2.45) is 0 Å². The van der Waals surface area contributed by atoms with Crippen molar-refractivity contribution in [3.63, 3.8) is 0 Å². The predicted octanol–water partition coefficient (Wildman–Crippen LogP) is 0.0822. The number of benzene rings is 1. The Morgan fingerprint density at radius 1 is 1.33 bits per heavy atom. The number of nitrogens with one attached hydrogen (secondary N) is 1. The molecule has 2 unspecified atom stereocenters. The van der Waals surface area contributed by atoms with Crippen LogP contribution in [0.1, 0.15) is 5.56 Å². The van der Waals surface area contributed by atoms with Gasteiger partial charge < -0.3 is 15.3 Å². The van der Waals surface area contributed by atoms with Gasteiger partial charge in [0.05, 0.1) is 6.42 Å². The van der Waals surface area contributed by atoms with Crippen LogP contribution in [0.3, 0.4) is 0 Å². The van der Waals surface area contributed by atoms with Gasteiger partial charge in [-0.1, -0.05) is 30.3 Å². The number of aliphatic carboxylic acids is 1. The maximum atomic E-state index is 12.0. The Balaban J connectivity index is 1.58. The summed E-state index contributed by atoms with van der Waals surface area (Å²) in [5, 5.41) is 10.8. The molecule has 6 nitrogen and oxygen atoms in total. The molecule has 2 amide bonds. The molecule has 1 aromatic carbocycles. The summed E-state index contributed by atoms with van der Waals surface area (Å²) in [4.78, 5) is 36.3. The molecule has 0 bridgehead atoms. The van der Waals surface area contributed by atoms with E-state index in [1.54, 1.807) is 0 Å². The fourth-order valence-corrected chi connectivity index (χ4v) is 3.91. The average Bonchev–Trinajstić information content (AvgIpc) is 2.87. The van der Waals surface area contributed by atoms with E-state index in [0.717, 1.165) is 5.56 Å². The van der Waals surface area contributed by atoms with E-state index in [1.165, 1.54) is 16.7 Å². The Kier molecular flexibility index (Phi) is 3.59. The number of carbonyl (C=O) groups is 3. The monoisotopic (exact) mass is 306 g/mol. The molecule has 2 N–H and O–H groups in total. The molecule has 0 radical (unpaired) electrons. The smallest absolute Gasteiger partial charge is 0.318 e. The minimum Gasteiger partial charge on any atom is -0.480 e. The van der Waals surface area contributed by atoms with Gasteiger partial charge in [0.25, 0.3) is 0 Å². The van der Waals surface area contributed by atoms with E-state index in [4.69, 9.17) is 5.11 Å². The van der Waals surface area contributed by atoms with Gasteiger partial charge in [0.15, 0.2) is 0 Å². The maximum absolute atomic E-state index is 12.0. The van der Waals surface area contributed by atoms with Crippen molar-refractivity contribution in [1.82, 2.24) is 10.2 Å². The van der Waals surface area contributed by atoms with Gasteiger partial charge in [-0.05, 0) is 5.56 Å². The normalized spacial score (nSPS) is 27.0. The molecule has 7 heteroatoms. The van der Waals surface area contributed by atoms with Crippen LogP contribution < -0.4 is 5.32 Å². The number of rotatable bonds is 4. The quantitative estimate of drug-likeness (QED) is 0.770. The number of carbonyl (C=O) groups excluding carboxylic acids is 2. The van der Waals surface area contributed by atoms with Gasteiger partial charge >= 0.3 is 5.97 Å². The Morgan fingerprint density at radius 3 is 2.71 bits per heavy atom. The molecule has 110 valence electrons. The number of hydrogen-bond acceptors (Lipinski definition) is 4. The highest BCUT2D eigenvalue weighted by atomic mass is 32.2. The lowest BCUT2D eigenvalue weighted by Crippen LogP contribution is -2.67. The first kappa shape index (κ1) is 13.9. The van der Waals surface area contributed by atoms with Crippen LogP contribution >= 0.6 is 11.8 Å². The van der Waals surface area contributed by atoms with Gasteiger partial charge in [-0.3, -0.25) is 14.4 Å². The number of fused-ring (bicyclic) bond motifs is 1. The molecule has 0 saturated carbocycles. The van der Waals surface area contributed by atoms with E-state index in [9.17, 15) is 14.4 Å². The lowest BCUT2D eigenvalue weighted by molar-refractivity contribution is -0.148. The fourth-order valence-electron chi connectivity index (χ4n) is 2.53. The largest absolute Gasteiger partial charge is 0.480 e. The molecule has 21 heavy (non-hydrogen) atoms. The fraction of sp³-hybridized carbons (Fsp3) is 0.357. The van der Waals surface area contributed by atoms with E-state index in [0.29, 0.717) is 0 Å². The van der Waals surface area contributed by atoms with Crippen molar-refractivity contribution in [2.75, 3.05) is 6.54 Å². The summed E-state index contributed by atoms with van der Waals surface area (Å²) >= 11 is 1.22. The standard InChI is InChI=1S/C14H14N2O4S/c17-10(6-8-4-2-1-3-5-8)15-11-12(18)16-7-9(14(19)20)21-13(11)16/h1-5,9,11,13H,6-7H2,(H,15,17)(H,19,20)/t9?,11?,13-/m1/s1. The van der Waals surface area contributed by atoms with Crippen LogP contribution in [0.25, 0.3) is 0 Å². The van der Waals surface area contributed by atoms with Crippen molar-refractivity contribution < 1.29 is 19.5 Å². The van der Waals surface area contributed by atoms with Crippen LogP contribution in [0.5, 0.6) is 0 Å². The maximum Gasteiger partial charge on any atom is 0.318 e. The summed E-state index contributed by atoms with van der Waals surface area (Å²) in [6.45, 7) is 0.217. The third-order valence-electron chi connectivity index (χ3n) is 3.61. The van der Waals surface area contributed by atoms with Crippen molar-refractivity contribution in [1.29, 1.82) is 0 Å². The zero-order valence-electron chi connectivity index (χ0n) is 11.1. The van der Waals surface area contributed by atoms with Crippen LogP contribution in [0.4, 0.5) is 0 Å². The van der Waals surface area contributed by atoms with Crippen LogP contribution in [0.2, 0.25) is 0 Å². The molecule has 3 atom stereocenters. The summed E-state index contributed by atoms with van der Waals surface area (Å²) in [5.74, 6) is -1.34. The molecule has 2 saturated heterocycles. The molecule has 2 heterocycles. The molecule has 0 aliphatic carbocycles. The molecular weight excluding hydrogens is 292 g/mol. The SMILES string of the molecule is O=C(Cc1ccccc1)NC1C(=O)N2CC(C(=O)O)S[C@H]12. The molecular formula is C14H14N2O4S. The van der Waals surface area contributed by atoms with Crippen molar-refractivity contribution in [2.45, 2.75) is 23.1 Å². The Morgan fingerprint density at radius 2 is 2.05 bits per heavy atom. The van der Waals surface area contributed by atoms with E-state index in [-0.39, 0.29) is 30.2 Å². The number of thioether (sulfide) groups is 1. The number of amides is 2. The second-order valence-corrected chi connectivity index (χ2v) is 6.38. The van der Waals surface area contributed by atoms with Crippen LogP contribution in [0, 0.1) is 0 Å². The van der Waals surface area contributed by atoms with Gasteiger partial charge in [-0.25, -0.2) is 0 Å². The highest BCUT2D eigenvalue weighted by Gasteiger charge is 2.55. The highest BCUT2D eigenvalue weighted by molar-refractivity contribution is 8.01. The molecule has 0 aromatic heterocycles. The zero-order chi connectivity index (χ0) is 15.0. The van der Waals surface area contributed by atoms with E-state index in [1.807, 2.05) is 30.3 Å². The van der Waals surface area contributed by atoms with Crippen molar-refractivity contribution in [3.05, 3.63) is 35.9 Å². The molecule has 0 spiro atoms. The third-order valence-corrected chi connectivity index (χ3v) is 5.09. The van der Waals surface area contributed by atoms with Gasteiger partial charge in [-0.2, -0.15) is 0 Å². The van der Waals surface area contributed by atoms with Crippen molar-refractivity contribution >= 4 is 29.5 Å². The van der Waals surface area contributed by atoms with E-state index < -0.39 is 17.3 Å². The number of hydrogen-bond donors (Lipinski definition) is 2. The summed E-state index contributed by atoms with van der Waals surface area (Å²) < 4.78 is 0. The Bertz CT molecular complexity index is 592. The second kappa shape index (κ2) is 5.40. The van der Waals surface area contributed by atoms with Crippen LogP contribution in [-0.2, 0) is 20.8 Å². The zero-order valence-corrected chi connectivity index (χ0v) is 11.9. The molecule has 1 aromatic rings. The number of β-lactam (4-membered cyclic amide) rings is 1. The van der Waals surface area contributed by atoms with Crippen LogP contribution in [0.15, 0.2) is 30.3 Å². The van der Waals surface area contributed by atoms with Crippen LogP contribution in [-0.4, -0.2) is 51.0 Å². The van der Waals surface area contributed by atoms with Gasteiger partial charge in [0, 0.05) is 6.54 Å². The second-order valence-electron chi connectivity index (χ2n) is 5.05. The number of carboxylic acids is 1. The Hall–Kier alpha value is -2.02. The number of carboxylic acid groups (broad SMARTS) is 1. The average molecular weight is 306 g/mol. The molecule has 2 aliphatic heterocycles. The lowest BCUT2D eigenvalue weighted by atomic mass is 10.1. The minimum atomic E-state index is -0.920. The van der Waals surface area contributed by atoms with Crippen molar-refractivity contribution in [3.8, 4) is 0 Å². The lowest BCUT2D eigenvalue weighted by Gasteiger charge is -2.41. The van der Waals surface area contributed by atoms with E-state index >= 15 is 0 Å². The Labute approximate surface area is 125 Å².